The molecule has 90 valence electrons. The Morgan fingerprint density at radius 2 is 2.24 bits per heavy atom. The Morgan fingerprint density at radius 1 is 1.53 bits per heavy atom. The number of nitrogens with zero attached hydrogens (tertiary/aromatic N) is 3. The zero-order chi connectivity index (χ0) is 12.6. The van der Waals surface area contributed by atoms with Crippen molar-refractivity contribution in [2.75, 3.05) is 19.8 Å². The van der Waals surface area contributed by atoms with E-state index in [2.05, 4.69) is 27.6 Å². The number of nitrogen functional groups attached to an aromatic ring is 1. The van der Waals surface area contributed by atoms with Gasteiger partial charge in [0.2, 0.25) is 11.9 Å². The number of amides is 1. The Labute approximate surface area is 113 Å². The van der Waals surface area contributed by atoms with Gasteiger partial charge in [-0.1, -0.05) is 0 Å². The molecule has 2 rings (SSSR count). The number of hydrogen-bond donors (Lipinski definition) is 1. The summed E-state index contributed by atoms with van der Waals surface area (Å²) >= 11 is 2.22. The van der Waals surface area contributed by atoms with Crippen molar-refractivity contribution in [2.45, 2.75) is 6.54 Å². The first-order valence-corrected chi connectivity index (χ1v) is 6.18. The molecule has 1 aromatic heterocycles. The Morgan fingerprint density at radius 3 is 2.88 bits per heavy atom. The van der Waals surface area contributed by atoms with Gasteiger partial charge >= 0.3 is 0 Å². The molecule has 0 aliphatic carbocycles. The molecule has 0 spiro atoms. The molecule has 0 bridgehead atoms. The minimum absolute atomic E-state index is 0.00505. The molecule has 0 saturated heterocycles. The molecule has 5 nitrogen and oxygen atoms in total. The molecule has 2 N–H and O–H groups in total. The summed E-state index contributed by atoms with van der Waals surface area (Å²) in [5.41, 5.74) is 7.54. The summed E-state index contributed by atoms with van der Waals surface area (Å²) in [5, 5.41) is 0. The third-order valence-electron chi connectivity index (χ3n) is 2.53. The van der Waals surface area contributed by atoms with Crippen LogP contribution in [-0.2, 0) is 11.3 Å². The van der Waals surface area contributed by atoms with Crippen LogP contribution in [0, 0.1) is 3.57 Å². The second-order valence-electron chi connectivity index (χ2n) is 3.98. The monoisotopic (exact) mass is 344 g/mol. The molecule has 0 aliphatic heterocycles. The van der Waals surface area contributed by atoms with Gasteiger partial charge in [0.05, 0.1) is 11.0 Å². The van der Waals surface area contributed by atoms with Crippen LogP contribution < -0.4 is 5.73 Å². The highest BCUT2D eigenvalue weighted by Crippen LogP contribution is 2.20. The Hall–Kier alpha value is -1.31. The second-order valence-corrected chi connectivity index (χ2v) is 5.22. The minimum atomic E-state index is -0.00505. The summed E-state index contributed by atoms with van der Waals surface area (Å²) in [5.74, 6) is 0.367. The Kier molecular flexibility index (Phi) is 3.23. The third kappa shape index (κ3) is 2.36. The van der Waals surface area contributed by atoms with Crippen LogP contribution in [0.2, 0.25) is 0 Å². The number of nitrogens with two attached hydrogens (primary N) is 1. The number of aromatic nitrogens is 2. The fraction of sp³-hybridized carbons (Fsp3) is 0.273. The SMILES string of the molecule is CN(C)C(=O)Cn1c(N)nc2cc(I)ccc21. The van der Waals surface area contributed by atoms with Gasteiger partial charge in [-0.3, -0.25) is 4.79 Å². The normalized spacial score (nSPS) is 10.8. The second kappa shape index (κ2) is 4.52. The van der Waals surface area contributed by atoms with E-state index in [-0.39, 0.29) is 12.5 Å². The van der Waals surface area contributed by atoms with Gasteiger partial charge in [0.15, 0.2) is 0 Å². The summed E-state index contributed by atoms with van der Waals surface area (Å²) in [6, 6.07) is 5.85. The standard InChI is InChI=1S/C11H13IN4O/c1-15(2)10(17)6-16-9-4-3-7(12)5-8(9)14-11(16)13/h3-5H,6H2,1-2H3,(H2,13,14). The van der Waals surface area contributed by atoms with Crippen molar-refractivity contribution in [3.63, 3.8) is 0 Å². The predicted octanol–water partition coefficient (Wildman–Crippen LogP) is 1.31. The van der Waals surface area contributed by atoms with Crippen molar-refractivity contribution in [3.8, 4) is 0 Å². The van der Waals surface area contributed by atoms with Crippen LogP contribution in [0.5, 0.6) is 0 Å². The van der Waals surface area contributed by atoms with Crippen molar-refractivity contribution in [1.82, 2.24) is 14.5 Å². The lowest BCUT2D eigenvalue weighted by molar-refractivity contribution is -0.129. The molecule has 0 fully saturated rings. The maximum absolute atomic E-state index is 11.7. The number of carbonyl (C=O) groups excluding carboxylic acids is 1. The molecule has 0 radical (unpaired) electrons. The lowest BCUT2D eigenvalue weighted by Crippen LogP contribution is -2.26. The fourth-order valence-electron chi connectivity index (χ4n) is 1.56. The van der Waals surface area contributed by atoms with Crippen LogP contribution in [0.25, 0.3) is 11.0 Å². The smallest absolute Gasteiger partial charge is 0.242 e. The van der Waals surface area contributed by atoms with Crippen LogP contribution in [-0.4, -0.2) is 34.5 Å². The topological polar surface area (TPSA) is 64.2 Å². The molecular weight excluding hydrogens is 331 g/mol. The molecular formula is C11H13IN4O. The first-order valence-electron chi connectivity index (χ1n) is 5.10. The van der Waals surface area contributed by atoms with Crippen molar-refractivity contribution < 1.29 is 4.79 Å². The number of hydrogen-bond acceptors (Lipinski definition) is 3. The van der Waals surface area contributed by atoms with Crippen molar-refractivity contribution in [3.05, 3.63) is 21.8 Å². The average Bonchev–Trinajstić information content (AvgIpc) is 2.54. The quantitative estimate of drug-likeness (QED) is 0.836. The van der Waals surface area contributed by atoms with Gasteiger partial charge in [-0.15, -0.1) is 0 Å². The van der Waals surface area contributed by atoms with Gasteiger partial charge < -0.3 is 15.2 Å². The first kappa shape index (κ1) is 12.2. The Bertz CT molecular complexity index is 576. The van der Waals surface area contributed by atoms with Gasteiger partial charge in [0.1, 0.15) is 6.54 Å². The molecule has 6 heteroatoms. The summed E-state index contributed by atoms with van der Waals surface area (Å²) in [7, 11) is 3.45. The van der Waals surface area contributed by atoms with Crippen molar-refractivity contribution in [2.24, 2.45) is 0 Å². The van der Waals surface area contributed by atoms with E-state index in [1.54, 1.807) is 18.7 Å². The lowest BCUT2D eigenvalue weighted by Gasteiger charge is -2.11. The maximum Gasteiger partial charge on any atom is 0.242 e. The molecule has 0 unspecified atom stereocenters. The minimum Gasteiger partial charge on any atom is -0.369 e. The number of fused-ring (bicyclic) bond motifs is 1. The molecule has 0 atom stereocenters. The molecule has 0 saturated carbocycles. The molecule has 1 amide bonds. The number of anilines is 1. The first-order chi connectivity index (χ1) is 7.99. The van der Waals surface area contributed by atoms with Crippen molar-refractivity contribution >= 4 is 45.5 Å². The van der Waals surface area contributed by atoms with Crippen LogP contribution in [0.4, 0.5) is 5.95 Å². The molecule has 2 aromatic rings. The predicted molar refractivity (Wildman–Crippen MR) is 75.6 cm³/mol. The van der Waals surface area contributed by atoms with E-state index < -0.39 is 0 Å². The summed E-state index contributed by atoms with van der Waals surface area (Å²) in [6.45, 7) is 0.218. The maximum atomic E-state index is 11.7. The van der Waals surface area contributed by atoms with E-state index in [1.807, 2.05) is 18.2 Å². The number of imidazole rings is 1. The molecule has 17 heavy (non-hydrogen) atoms. The van der Waals surface area contributed by atoms with Gasteiger partial charge in [-0.2, -0.15) is 0 Å². The third-order valence-corrected chi connectivity index (χ3v) is 3.20. The highest BCUT2D eigenvalue weighted by Gasteiger charge is 2.12. The summed E-state index contributed by atoms with van der Waals surface area (Å²) in [6.07, 6.45) is 0. The van der Waals surface area contributed by atoms with Crippen LogP contribution in [0.15, 0.2) is 18.2 Å². The van der Waals surface area contributed by atoms with E-state index in [9.17, 15) is 4.79 Å². The number of rotatable bonds is 2. The number of benzene rings is 1. The highest BCUT2D eigenvalue weighted by atomic mass is 127. The number of halogens is 1. The number of likely N-dealkylation sites (N-methyl/N-ethyl adjacent to an activating group) is 1. The average molecular weight is 344 g/mol. The highest BCUT2D eigenvalue weighted by molar-refractivity contribution is 14.1. The Balaban J connectivity index is 2.46. The zero-order valence-electron chi connectivity index (χ0n) is 9.64. The summed E-state index contributed by atoms with van der Waals surface area (Å²) in [4.78, 5) is 17.5. The fourth-order valence-corrected chi connectivity index (χ4v) is 2.04. The van der Waals surface area contributed by atoms with Gasteiger partial charge in [-0.25, -0.2) is 4.98 Å². The van der Waals surface area contributed by atoms with E-state index in [0.717, 1.165) is 14.6 Å². The van der Waals surface area contributed by atoms with Gasteiger partial charge in [0.25, 0.3) is 0 Å². The summed E-state index contributed by atoms with van der Waals surface area (Å²) < 4.78 is 2.83. The molecule has 1 aromatic carbocycles. The van der Waals surface area contributed by atoms with E-state index in [4.69, 9.17) is 5.73 Å². The lowest BCUT2D eigenvalue weighted by atomic mass is 10.3. The largest absolute Gasteiger partial charge is 0.369 e. The van der Waals surface area contributed by atoms with Gasteiger partial charge in [0, 0.05) is 17.7 Å². The van der Waals surface area contributed by atoms with Crippen LogP contribution in [0.1, 0.15) is 0 Å². The zero-order valence-corrected chi connectivity index (χ0v) is 11.8. The molecule has 0 aliphatic rings. The van der Waals surface area contributed by atoms with E-state index in [0.29, 0.717) is 5.95 Å². The molecule has 1 heterocycles. The van der Waals surface area contributed by atoms with E-state index in [1.165, 1.54) is 4.90 Å². The van der Waals surface area contributed by atoms with E-state index >= 15 is 0 Å². The van der Waals surface area contributed by atoms with Crippen LogP contribution >= 0.6 is 22.6 Å². The number of carbonyl (C=O) groups is 1. The van der Waals surface area contributed by atoms with Crippen molar-refractivity contribution in [1.29, 1.82) is 0 Å². The van der Waals surface area contributed by atoms with Crippen LogP contribution in [0.3, 0.4) is 0 Å². The van der Waals surface area contributed by atoms with Gasteiger partial charge in [-0.05, 0) is 40.8 Å².